The molecule has 0 radical (unpaired) electrons. The van der Waals surface area contributed by atoms with E-state index in [-0.39, 0.29) is 0 Å². The molecule has 0 spiro atoms. The molecule has 0 saturated carbocycles. The Labute approximate surface area is 120 Å². The molecule has 1 aromatic heterocycles. The molecule has 100 valence electrons. The lowest BCUT2D eigenvalue weighted by molar-refractivity contribution is 0.0697. The molecule has 0 bridgehead atoms. The molecule has 3 nitrogen and oxygen atoms in total. The average Bonchev–Trinajstić information content (AvgIpc) is 2.88. The van der Waals surface area contributed by atoms with Crippen molar-refractivity contribution in [2.75, 3.05) is 0 Å². The number of H-pyrrole nitrogens is 1. The first kappa shape index (κ1) is 12.8. The molecular formula is C16H13NO2S. The van der Waals surface area contributed by atoms with E-state index in [2.05, 4.69) is 17.1 Å². The predicted molar refractivity (Wildman–Crippen MR) is 81.3 cm³/mol. The highest BCUT2D eigenvalue weighted by Crippen LogP contribution is 2.24. The minimum absolute atomic E-state index is 0.318. The van der Waals surface area contributed by atoms with Crippen LogP contribution in [0, 0.1) is 0 Å². The second-order valence-electron chi connectivity index (χ2n) is 4.50. The van der Waals surface area contributed by atoms with Crippen molar-refractivity contribution in [3.8, 4) is 0 Å². The zero-order valence-electron chi connectivity index (χ0n) is 10.7. The van der Waals surface area contributed by atoms with Gasteiger partial charge in [0.05, 0.1) is 5.56 Å². The van der Waals surface area contributed by atoms with Gasteiger partial charge in [-0.2, -0.15) is 0 Å². The monoisotopic (exact) mass is 283 g/mol. The van der Waals surface area contributed by atoms with Crippen LogP contribution in [0.4, 0.5) is 0 Å². The Morgan fingerprint density at radius 2 is 1.90 bits per heavy atom. The standard InChI is InChI=1S/C16H13NO2S/c18-16(19)11-6-7-15-12(8-11)9-13(17-15)10-20-14-4-2-1-3-5-14/h1-9,17H,10H2,(H,18,19). The van der Waals surface area contributed by atoms with Crippen molar-refractivity contribution in [1.29, 1.82) is 0 Å². The predicted octanol–water partition coefficient (Wildman–Crippen LogP) is 4.16. The number of carboxylic acid groups (broad SMARTS) is 1. The Hall–Kier alpha value is -2.20. The van der Waals surface area contributed by atoms with Crippen molar-refractivity contribution >= 4 is 28.6 Å². The number of rotatable bonds is 4. The number of hydrogen-bond donors (Lipinski definition) is 2. The molecule has 0 amide bonds. The highest BCUT2D eigenvalue weighted by molar-refractivity contribution is 7.98. The molecule has 3 aromatic rings. The molecule has 0 atom stereocenters. The molecule has 0 aliphatic heterocycles. The van der Waals surface area contributed by atoms with Crippen LogP contribution in [0.5, 0.6) is 0 Å². The van der Waals surface area contributed by atoms with Gasteiger partial charge in [0.2, 0.25) is 0 Å². The summed E-state index contributed by atoms with van der Waals surface area (Å²) < 4.78 is 0. The van der Waals surface area contributed by atoms with E-state index < -0.39 is 5.97 Å². The van der Waals surface area contributed by atoms with Crippen molar-refractivity contribution in [3.05, 3.63) is 65.9 Å². The Morgan fingerprint density at radius 1 is 1.10 bits per heavy atom. The van der Waals surface area contributed by atoms with Gasteiger partial charge in [0, 0.05) is 27.2 Å². The maximum atomic E-state index is 10.9. The lowest BCUT2D eigenvalue weighted by Crippen LogP contribution is -1.94. The van der Waals surface area contributed by atoms with Crippen LogP contribution < -0.4 is 0 Å². The number of fused-ring (bicyclic) bond motifs is 1. The van der Waals surface area contributed by atoms with E-state index in [1.54, 1.807) is 23.9 Å². The van der Waals surface area contributed by atoms with Gasteiger partial charge in [-0.25, -0.2) is 4.79 Å². The van der Waals surface area contributed by atoms with Gasteiger partial charge in [-0.3, -0.25) is 0 Å². The van der Waals surface area contributed by atoms with Crippen LogP contribution in [0.2, 0.25) is 0 Å². The summed E-state index contributed by atoms with van der Waals surface area (Å²) in [6.45, 7) is 0. The van der Waals surface area contributed by atoms with Crippen LogP contribution in [-0.2, 0) is 5.75 Å². The first-order valence-corrected chi connectivity index (χ1v) is 7.24. The van der Waals surface area contributed by atoms with Crippen molar-refractivity contribution < 1.29 is 9.90 Å². The van der Waals surface area contributed by atoms with Crippen molar-refractivity contribution in [2.24, 2.45) is 0 Å². The van der Waals surface area contributed by atoms with E-state index in [9.17, 15) is 4.79 Å². The Balaban J connectivity index is 1.80. The molecule has 0 fully saturated rings. The third kappa shape index (κ3) is 2.70. The minimum Gasteiger partial charge on any atom is -0.478 e. The second-order valence-corrected chi connectivity index (χ2v) is 5.55. The summed E-state index contributed by atoms with van der Waals surface area (Å²) in [5.41, 5.74) is 2.38. The Kier molecular flexibility index (Phi) is 3.48. The number of aromatic nitrogens is 1. The highest BCUT2D eigenvalue weighted by Gasteiger charge is 2.06. The normalized spacial score (nSPS) is 10.8. The lowest BCUT2D eigenvalue weighted by Gasteiger charge is -1.98. The Morgan fingerprint density at radius 3 is 2.65 bits per heavy atom. The zero-order valence-corrected chi connectivity index (χ0v) is 11.5. The molecular weight excluding hydrogens is 270 g/mol. The molecule has 4 heteroatoms. The van der Waals surface area contributed by atoms with Gasteiger partial charge in [0.15, 0.2) is 0 Å². The molecule has 20 heavy (non-hydrogen) atoms. The van der Waals surface area contributed by atoms with E-state index >= 15 is 0 Å². The second kappa shape index (κ2) is 5.43. The first-order valence-electron chi connectivity index (χ1n) is 6.25. The van der Waals surface area contributed by atoms with Gasteiger partial charge in [-0.05, 0) is 36.4 Å². The van der Waals surface area contributed by atoms with E-state index in [4.69, 9.17) is 5.11 Å². The maximum Gasteiger partial charge on any atom is 0.335 e. The van der Waals surface area contributed by atoms with E-state index in [1.807, 2.05) is 30.3 Å². The molecule has 3 rings (SSSR count). The van der Waals surface area contributed by atoms with E-state index in [0.29, 0.717) is 5.56 Å². The summed E-state index contributed by atoms with van der Waals surface area (Å²) in [5, 5.41) is 9.93. The SMILES string of the molecule is O=C(O)c1ccc2[nH]c(CSc3ccccc3)cc2c1. The van der Waals surface area contributed by atoms with Crippen LogP contribution in [0.1, 0.15) is 16.1 Å². The van der Waals surface area contributed by atoms with Crippen LogP contribution in [0.15, 0.2) is 59.5 Å². The number of benzene rings is 2. The summed E-state index contributed by atoms with van der Waals surface area (Å²) in [7, 11) is 0. The van der Waals surface area contributed by atoms with E-state index in [1.165, 1.54) is 4.90 Å². The van der Waals surface area contributed by atoms with Crippen molar-refractivity contribution in [3.63, 3.8) is 0 Å². The minimum atomic E-state index is -0.895. The number of hydrogen-bond acceptors (Lipinski definition) is 2. The number of carboxylic acids is 1. The number of aromatic amines is 1. The van der Waals surface area contributed by atoms with Gasteiger partial charge in [0.1, 0.15) is 0 Å². The van der Waals surface area contributed by atoms with E-state index in [0.717, 1.165) is 22.3 Å². The molecule has 2 aromatic carbocycles. The van der Waals surface area contributed by atoms with Crippen LogP contribution in [0.25, 0.3) is 10.9 Å². The fourth-order valence-electron chi connectivity index (χ4n) is 2.08. The summed E-state index contributed by atoms with van der Waals surface area (Å²) in [6, 6.07) is 17.3. The largest absolute Gasteiger partial charge is 0.478 e. The fraction of sp³-hybridized carbons (Fsp3) is 0.0625. The third-order valence-corrected chi connectivity index (χ3v) is 4.12. The summed E-state index contributed by atoms with van der Waals surface area (Å²) in [4.78, 5) is 15.5. The molecule has 0 aliphatic rings. The molecule has 0 aliphatic carbocycles. The smallest absolute Gasteiger partial charge is 0.335 e. The van der Waals surface area contributed by atoms with Crippen LogP contribution in [-0.4, -0.2) is 16.1 Å². The zero-order chi connectivity index (χ0) is 13.9. The quantitative estimate of drug-likeness (QED) is 0.707. The van der Waals surface area contributed by atoms with Gasteiger partial charge in [-0.1, -0.05) is 18.2 Å². The summed E-state index contributed by atoms with van der Waals surface area (Å²) in [6.07, 6.45) is 0. The fourth-order valence-corrected chi connectivity index (χ4v) is 2.91. The highest BCUT2D eigenvalue weighted by atomic mass is 32.2. The number of carbonyl (C=O) groups is 1. The number of aromatic carboxylic acids is 1. The van der Waals surface area contributed by atoms with Gasteiger partial charge in [0.25, 0.3) is 0 Å². The van der Waals surface area contributed by atoms with Crippen molar-refractivity contribution in [1.82, 2.24) is 4.98 Å². The summed E-state index contributed by atoms with van der Waals surface area (Å²) in [5.74, 6) is -0.0607. The van der Waals surface area contributed by atoms with Gasteiger partial charge < -0.3 is 10.1 Å². The number of nitrogens with one attached hydrogen (secondary N) is 1. The number of thioether (sulfide) groups is 1. The summed E-state index contributed by atoms with van der Waals surface area (Å²) >= 11 is 1.75. The first-order chi connectivity index (χ1) is 9.72. The van der Waals surface area contributed by atoms with Gasteiger partial charge in [-0.15, -0.1) is 11.8 Å². The van der Waals surface area contributed by atoms with Gasteiger partial charge >= 0.3 is 5.97 Å². The van der Waals surface area contributed by atoms with Crippen LogP contribution in [0.3, 0.4) is 0 Å². The Bertz CT molecular complexity index is 750. The third-order valence-electron chi connectivity index (χ3n) is 3.06. The lowest BCUT2D eigenvalue weighted by atomic mass is 10.1. The molecule has 0 saturated heterocycles. The molecule has 0 unspecified atom stereocenters. The average molecular weight is 283 g/mol. The molecule has 1 heterocycles. The van der Waals surface area contributed by atoms with Crippen molar-refractivity contribution in [2.45, 2.75) is 10.6 Å². The topological polar surface area (TPSA) is 53.1 Å². The van der Waals surface area contributed by atoms with Crippen LogP contribution >= 0.6 is 11.8 Å². The maximum absolute atomic E-state index is 10.9. The molecule has 2 N–H and O–H groups in total.